The zero-order valence-corrected chi connectivity index (χ0v) is 9.69. The van der Waals surface area contributed by atoms with Crippen molar-refractivity contribution in [2.45, 2.75) is 31.2 Å². The van der Waals surface area contributed by atoms with Crippen LogP contribution in [0.2, 0.25) is 0 Å². The van der Waals surface area contributed by atoms with Gasteiger partial charge in [-0.1, -0.05) is 18.9 Å². The number of nitro groups is 1. The molecule has 0 atom stereocenters. The largest absolute Gasteiger partial charge is 0.378 e. The molecule has 92 valence electrons. The molecule has 1 aromatic rings. The van der Waals surface area contributed by atoms with Crippen molar-refractivity contribution in [3.05, 3.63) is 34.4 Å². The molecule has 0 saturated heterocycles. The van der Waals surface area contributed by atoms with E-state index in [0.717, 1.165) is 18.5 Å². The Kier molecular flexibility index (Phi) is 3.28. The lowest BCUT2D eigenvalue weighted by Crippen LogP contribution is -2.42. The third kappa shape index (κ3) is 2.55. The zero-order valence-electron chi connectivity index (χ0n) is 9.69. The number of nitrogens with two attached hydrogens (primary N) is 1. The van der Waals surface area contributed by atoms with Crippen LogP contribution >= 0.6 is 0 Å². The van der Waals surface area contributed by atoms with Crippen molar-refractivity contribution < 1.29 is 4.92 Å². The lowest BCUT2D eigenvalue weighted by molar-refractivity contribution is -0.384. The van der Waals surface area contributed by atoms with Gasteiger partial charge in [-0.3, -0.25) is 10.1 Å². The van der Waals surface area contributed by atoms with Gasteiger partial charge in [-0.15, -0.1) is 0 Å². The molecule has 1 saturated carbocycles. The standard InChI is InChI=1S/C12H17N3O2/c13-9-12(6-1-2-7-12)14-10-4-3-5-11(8-10)15(16)17/h3-5,8,14H,1-2,6-7,9,13H2. The van der Waals surface area contributed by atoms with Crippen LogP contribution in [0.4, 0.5) is 11.4 Å². The Morgan fingerprint density at radius 3 is 2.71 bits per heavy atom. The van der Waals surface area contributed by atoms with Gasteiger partial charge < -0.3 is 11.1 Å². The molecule has 0 amide bonds. The third-order valence-corrected chi connectivity index (χ3v) is 3.42. The summed E-state index contributed by atoms with van der Waals surface area (Å²) in [5, 5.41) is 14.1. The van der Waals surface area contributed by atoms with Gasteiger partial charge in [0, 0.05) is 29.9 Å². The molecule has 0 spiro atoms. The molecule has 0 bridgehead atoms. The van der Waals surface area contributed by atoms with Crippen molar-refractivity contribution in [3.8, 4) is 0 Å². The first-order valence-corrected chi connectivity index (χ1v) is 5.88. The lowest BCUT2D eigenvalue weighted by atomic mass is 9.97. The molecule has 0 heterocycles. The minimum atomic E-state index is -0.380. The average molecular weight is 235 g/mol. The van der Waals surface area contributed by atoms with Crippen molar-refractivity contribution in [3.63, 3.8) is 0 Å². The summed E-state index contributed by atoms with van der Waals surface area (Å²) in [6.07, 6.45) is 4.40. The van der Waals surface area contributed by atoms with Crippen LogP contribution in [0.15, 0.2) is 24.3 Å². The van der Waals surface area contributed by atoms with Gasteiger partial charge in [-0.2, -0.15) is 0 Å². The summed E-state index contributed by atoms with van der Waals surface area (Å²) < 4.78 is 0. The number of non-ortho nitro benzene ring substituents is 1. The molecular weight excluding hydrogens is 218 g/mol. The predicted octanol–water partition coefficient (Wildman–Crippen LogP) is 2.28. The number of hydrogen-bond donors (Lipinski definition) is 2. The molecule has 3 N–H and O–H groups in total. The predicted molar refractivity (Wildman–Crippen MR) is 67.0 cm³/mol. The van der Waals surface area contributed by atoms with Gasteiger partial charge in [-0.05, 0) is 18.9 Å². The Bertz CT molecular complexity index is 414. The Morgan fingerprint density at radius 2 is 2.12 bits per heavy atom. The van der Waals surface area contributed by atoms with E-state index >= 15 is 0 Å². The summed E-state index contributed by atoms with van der Waals surface area (Å²) in [6.45, 7) is 0.565. The number of nitrogens with zero attached hydrogens (tertiary/aromatic N) is 1. The van der Waals surface area contributed by atoms with Gasteiger partial charge in [-0.25, -0.2) is 0 Å². The molecular formula is C12H17N3O2. The fraction of sp³-hybridized carbons (Fsp3) is 0.500. The first kappa shape index (κ1) is 11.9. The summed E-state index contributed by atoms with van der Waals surface area (Å²) in [5.41, 5.74) is 6.64. The SMILES string of the molecule is NCC1(Nc2cccc([N+](=O)[O-])c2)CCCC1. The second-order valence-electron chi connectivity index (χ2n) is 4.62. The number of anilines is 1. The van der Waals surface area contributed by atoms with Crippen LogP contribution in [-0.2, 0) is 0 Å². The van der Waals surface area contributed by atoms with Gasteiger partial charge in [0.2, 0.25) is 0 Å². The number of benzene rings is 1. The van der Waals surface area contributed by atoms with Crippen molar-refractivity contribution in [1.82, 2.24) is 0 Å². The number of nitrogens with one attached hydrogen (secondary N) is 1. The summed E-state index contributed by atoms with van der Waals surface area (Å²) in [5.74, 6) is 0. The second kappa shape index (κ2) is 4.71. The van der Waals surface area contributed by atoms with Crippen LogP contribution in [0.5, 0.6) is 0 Å². The van der Waals surface area contributed by atoms with E-state index in [9.17, 15) is 10.1 Å². The summed E-state index contributed by atoms with van der Waals surface area (Å²) in [7, 11) is 0. The van der Waals surface area contributed by atoms with Crippen molar-refractivity contribution in [2.75, 3.05) is 11.9 Å². The molecule has 0 aliphatic heterocycles. The van der Waals surface area contributed by atoms with Crippen molar-refractivity contribution in [1.29, 1.82) is 0 Å². The highest BCUT2D eigenvalue weighted by Gasteiger charge is 2.32. The average Bonchev–Trinajstić information content (AvgIpc) is 2.78. The first-order valence-electron chi connectivity index (χ1n) is 5.88. The topological polar surface area (TPSA) is 81.2 Å². The Morgan fingerprint density at radius 1 is 1.41 bits per heavy atom. The summed E-state index contributed by atoms with van der Waals surface area (Å²) in [4.78, 5) is 10.3. The van der Waals surface area contributed by atoms with Crippen LogP contribution in [0.3, 0.4) is 0 Å². The molecule has 1 fully saturated rings. The summed E-state index contributed by atoms with van der Waals surface area (Å²) in [6, 6.07) is 6.60. The molecule has 0 unspecified atom stereocenters. The third-order valence-electron chi connectivity index (χ3n) is 3.42. The monoisotopic (exact) mass is 235 g/mol. The molecule has 17 heavy (non-hydrogen) atoms. The van der Waals surface area contributed by atoms with E-state index in [2.05, 4.69) is 5.32 Å². The van der Waals surface area contributed by atoms with Gasteiger partial charge in [0.05, 0.1) is 4.92 Å². The van der Waals surface area contributed by atoms with Gasteiger partial charge in [0.25, 0.3) is 5.69 Å². The molecule has 5 heteroatoms. The van der Waals surface area contributed by atoms with Crippen LogP contribution in [-0.4, -0.2) is 17.0 Å². The Labute approximate surface area is 100 Å². The molecule has 0 radical (unpaired) electrons. The van der Waals surface area contributed by atoms with E-state index in [4.69, 9.17) is 5.73 Å². The highest BCUT2D eigenvalue weighted by atomic mass is 16.6. The Hall–Kier alpha value is -1.62. The van der Waals surface area contributed by atoms with Crippen LogP contribution in [0, 0.1) is 10.1 Å². The van der Waals surface area contributed by atoms with Crippen LogP contribution in [0.25, 0.3) is 0 Å². The highest BCUT2D eigenvalue weighted by Crippen LogP contribution is 2.32. The van der Waals surface area contributed by atoms with E-state index in [1.165, 1.54) is 18.9 Å². The fourth-order valence-corrected chi connectivity index (χ4v) is 2.44. The minimum absolute atomic E-state index is 0.0742. The number of rotatable bonds is 4. The van der Waals surface area contributed by atoms with Gasteiger partial charge in [0.1, 0.15) is 0 Å². The van der Waals surface area contributed by atoms with Gasteiger partial charge in [0.15, 0.2) is 0 Å². The molecule has 1 aromatic carbocycles. The van der Waals surface area contributed by atoms with E-state index in [1.54, 1.807) is 12.1 Å². The molecule has 1 aliphatic rings. The van der Waals surface area contributed by atoms with Crippen molar-refractivity contribution in [2.24, 2.45) is 5.73 Å². The van der Waals surface area contributed by atoms with Gasteiger partial charge >= 0.3 is 0 Å². The summed E-state index contributed by atoms with van der Waals surface area (Å²) >= 11 is 0. The van der Waals surface area contributed by atoms with Crippen molar-refractivity contribution >= 4 is 11.4 Å². The molecule has 5 nitrogen and oxygen atoms in total. The maximum absolute atomic E-state index is 10.7. The Balaban J connectivity index is 2.17. The smallest absolute Gasteiger partial charge is 0.271 e. The zero-order chi connectivity index (χ0) is 12.3. The second-order valence-corrected chi connectivity index (χ2v) is 4.62. The van der Waals surface area contributed by atoms with E-state index < -0.39 is 0 Å². The maximum atomic E-state index is 10.7. The van der Waals surface area contributed by atoms with E-state index in [0.29, 0.717) is 6.54 Å². The normalized spacial score (nSPS) is 17.9. The first-order chi connectivity index (χ1) is 8.15. The maximum Gasteiger partial charge on any atom is 0.271 e. The van der Waals surface area contributed by atoms with E-state index in [-0.39, 0.29) is 16.1 Å². The molecule has 1 aliphatic carbocycles. The molecule has 0 aromatic heterocycles. The van der Waals surface area contributed by atoms with E-state index in [1.807, 2.05) is 6.07 Å². The number of nitro benzene ring substituents is 1. The minimum Gasteiger partial charge on any atom is -0.378 e. The lowest BCUT2D eigenvalue weighted by Gasteiger charge is -2.29. The van der Waals surface area contributed by atoms with Crippen LogP contribution < -0.4 is 11.1 Å². The quantitative estimate of drug-likeness (QED) is 0.619. The van der Waals surface area contributed by atoms with Crippen LogP contribution in [0.1, 0.15) is 25.7 Å². The highest BCUT2D eigenvalue weighted by molar-refractivity contribution is 5.52. The fourth-order valence-electron chi connectivity index (χ4n) is 2.44. The number of hydrogen-bond acceptors (Lipinski definition) is 4. The molecule has 2 rings (SSSR count).